The zero-order valence-electron chi connectivity index (χ0n) is 8.19. The average molecular weight is 274 g/mol. The third-order valence-corrected chi connectivity index (χ3v) is 2.98. The lowest BCUT2D eigenvalue weighted by Gasteiger charge is -2.14. The van der Waals surface area contributed by atoms with Crippen LogP contribution in [0.2, 0.25) is 0 Å². The molecule has 0 aliphatic carbocycles. The molecule has 1 aliphatic heterocycles. The maximum atomic E-state index is 11.3. The molecular formula is C8H12BrN5O. The molecule has 0 spiro atoms. The molecule has 0 radical (unpaired) electrons. The first-order chi connectivity index (χ1) is 7.16. The summed E-state index contributed by atoms with van der Waals surface area (Å²) in [5.41, 5.74) is 5.44. The molecule has 1 fully saturated rings. The number of nitrogen functional groups attached to an aromatic ring is 1. The van der Waals surface area contributed by atoms with Crippen molar-refractivity contribution in [1.29, 1.82) is 0 Å². The summed E-state index contributed by atoms with van der Waals surface area (Å²) in [6, 6.07) is 0. The molecule has 82 valence electrons. The van der Waals surface area contributed by atoms with Crippen LogP contribution in [0.1, 0.15) is 12.8 Å². The van der Waals surface area contributed by atoms with E-state index >= 15 is 0 Å². The Labute approximate surface area is 95.6 Å². The molecule has 2 rings (SSSR count). The van der Waals surface area contributed by atoms with Crippen LogP contribution in [0.4, 0.5) is 5.95 Å². The minimum Gasteiger partial charge on any atom is -0.366 e. The maximum Gasteiger partial charge on any atom is 0.240 e. The smallest absolute Gasteiger partial charge is 0.240 e. The van der Waals surface area contributed by atoms with E-state index in [1.807, 2.05) is 4.90 Å². The molecule has 1 aliphatic rings. The van der Waals surface area contributed by atoms with Gasteiger partial charge in [0.25, 0.3) is 0 Å². The highest BCUT2D eigenvalue weighted by molar-refractivity contribution is 9.10. The number of carbonyl (C=O) groups is 1. The van der Waals surface area contributed by atoms with Gasteiger partial charge in [0, 0.05) is 19.5 Å². The van der Waals surface area contributed by atoms with Gasteiger partial charge in [0.1, 0.15) is 0 Å². The molecule has 0 saturated carbocycles. The monoisotopic (exact) mass is 273 g/mol. The fourth-order valence-electron chi connectivity index (χ4n) is 1.64. The van der Waals surface area contributed by atoms with Crippen LogP contribution in [0.3, 0.4) is 0 Å². The van der Waals surface area contributed by atoms with E-state index in [0.29, 0.717) is 24.2 Å². The third kappa shape index (κ3) is 2.28. The molecule has 1 amide bonds. The highest BCUT2D eigenvalue weighted by Crippen LogP contribution is 2.11. The Kier molecular flexibility index (Phi) is 2.90. The Morgan fingerprint density at radius 1 is 1.47 bits per heavy atom. The first-order valence-electron chi connectivity index (χ1n) is 4.80. The highest BCUT2D eigenvalue weighted by Gasteiger charge is 2.19. The Bertz CT molecular complexity index is 377. The van der Waals surface area contributed by atoms with Gasteiger partial charge in [-0.15, -0.1) is 5.10 Å². The van der Waals surface area contributed by atoms with Gasteiger partial charge in [0.05, 0.1) is 6.54 Å². The van der Waals surface area contributed by atoms with Crippen molar-refractivity contribution in [2.45, 2.75) is 19.4 Å². The summed E-state index contributed by atoms with van der Waals surface area (Å²) in [6.07, 6.45) is 1.63. The number of hydrogen-bond donors (Lipinski definition) is 1. The predicted molar refractivity (Wildman–Crippen MR) is 57.9 cm³/mol. The minimum absolute atomic E-state index is 0.221. The number of nitrogens with zero attached hydrogens (tertiary/aromatic N) is 4. The maximum absolute atomic E-state index is 11.3. The Hall–Kier alpha value is -1.11. The zero-order chi connectivity index (χ0) is 10.8. The predicted octanol–water partition coefficient (Wildman–Crippen LogP) is 0.245. The van der Waals surface area contributed by atoms with Crippen molar-refractivity contribution < 1.29 is 4.79 Å². The molecular weight excluding hydrogens is 262 g/mol. The largest absolute Gasteiger partial charge is 0.366 e. The van der Waals surface area contributed by atoms with Gasteiger partial charge < -0.3 is 10.6 Å². The zero-order valence-corrected chi connectivity index (χ0v) is 9.77. The van der Waals surface area contributed by atoms with Gasteiger partial charge in [-0.25, -0.2) is 4.68 Å². The number of amides is 1. The number of likely N-dealkylation sites (tertiary alicyclic amines) is 1. The van der Waals surface area contributed by atoms with Gasteiger partial charge in [-0.2, -0.15) is 4.98 Å². The fraction of sp³-hybridized carbons (Fsp3) is 0.625. The molecule has 0 unspecified atom stereocenters. The summed E-state index contributed by atoms with van der Waals surface area (Å²) < 4.78 is 2.26. The molecule has 15 heavy (non-hydrogen) atoms. The third-order valence-electron chi connectivity index (χ3n) is 2.40. The second-order valence-corrected chi connectivity index (χ2v) is 4.16. The lowest BCUT2D eigenvalue weighted by Crippen LogP contribution is -2.28. The topological polar surface area (TPSA) is 77.0 Å². The average Bonchev–Trinajstić information content (AvgIpc) is 2.70. The van der Waals surface area contributed by atoms with Crippen molar-refractivity contribution in [2.75, 3.05) is 18.8 Å². The van der Waals surface area contributed by atoms with E-state index in [2.05, 4.69) is 26.0 Å². The molecule has 0 bridgehead atoms. The number of rotatable bonds is 3. The van der Waals surface area contributed by atoms with E-state index in [4.69, 9.17) is 5.73 Å². The first-order valence-corrected chi connectivity index (χ1v) is 5.60. The van der Waals surface area contributed by atoms with Crippen LogP contribution in [0.15, 0.2) is 4.73 Å². The standard InChI is InChI=1S/C8H12BrN5O/c9-7-11-8(10)12-14(7)5-4-13-3-1-2-6(13)15/h1-5H2,(H2,10,12). The van der Waals surface area contributed by atoms with Gasteiger partial charge in [0.15, 0.2) is 4.73 Å². The summed E-state index contributed by atoms with van der Waals surface area (Å²) in [4.78, 5) is 17.1. The van der Waals surface area contributed by atoms with Crippen LogP contribution in [-0.2, 0) is 11.3 Å². The fourth-order valence-corrected chi connectivity index (χ4v) is 2.08. The number of aromatic nitrogens is 3. The molecule has 1 aromatic rings. The molecule has 1 saturated heterocycles. The van der Waals surface area contributed by atoms with Crippen molar-refractivity contribution in [3.05, 3.63) is 4.73 Å². The second kappa shape index (κ2) is 4.18. The normalized spacial score (nSPS) is 16.3. The van der Waals surface area contributed by atoms with Crippen LogP contribution in [0.25, 0.3) is 0 Å². The van der Waals surface area contributed by atoms with Gasteiger partial charge in [0.2, 0.25) is 11.9 Å². The Morgan fingerprint density at radius 2 is 2.27 bits per heavy atom. The summed E-state index contributed by atoms with van der Waals surface area (Å²) in [5.74, 6) is 0.467. The molecule has 1 aromatic heterocycles. The first kappa shape index (κ1) is 10.4. The Morgan fingerprint density at radius 3 is 2.80 bits per heavy atom. The Balaban J connectivity index is 1.92. The van der Waals surface area contributed by atoms with E-state index in [-0.39, 0.29) is 11.9 Å². The quantitative estimate of drug-likeness (QED) is 0.856. The lowest BCUT2D eigenvalue weighted by molar-refractivity contribution is -0.127. The molecule has 2 N–H and O–H groups in total. The van der Waals surface area contributed by atoms with E-state index in [9.17, 15) is 4.79 Å². The van der Waals surface area contributed by atoms with Crippen LogP contribution in [0, 0.1) is 0 Å². The van der Waals surface area contributed by atoms with Crippen LogP contribution in [-0.4, -0.2) is 38.7 Å². The van der Waals surface area contributed by atoms with Crippen molar-refractivity contribution in [1.82, 2.24) is 19.7 Å². The molecule has 0 aromatic carbocycles. The summed E-state index contributed by atoms with van der Waals surface area (Å²) >= 11 is 3.25. The van der Waals surface area contributed by atoms with Gasteiger partial charge in [-0.3, -0.25) is 4.79 Å². The van der Waals surface area contributed by atoms with Crippen LogP contribution in [0.5, 0.6) is 0 Å². The van der Waals surface area contributed by atoms with Crippen LogP contribution >= 0.6 is 15.9 Å². The van der Waals surface area contributed by atoms with Gasteiger partial charge >= 0.3 is 0 Å². The lowest BCUT2D eigenvalue weighted by atomic mass is 10.4. The molecule has 2 heterocycles. The molecule has 6 nitrogen and oxygen atoms in total. The summed E-state index contributed by atoms with van der Waals surface area (Å²) in [5, 5.41) is 3.99. The molecule has 0 atom stereocenters. The highest BCUT2D eigenvalue weighted by atomic mass is 79.9. The van der Waals surface area contributed by atoms with Crippen molar-refractivity contribution in [3.63, 3.8) is 0 Å². The van der Waals surface area contributed by atoms with E-state index in [1.54, 1.807) is 4.68 Å². The second-order valence-electron chi connectivity index (χ2n) is 3.45. The summed E-state index contributed by atoms with van der Waals surface area (Å²) in [7, 11) is 0. The number of nitrogens with two attached hydrogens (primary N) is 1. The molecule has 7 heteroatoms. The minimum atomic E-state index is 0.221. The summed E-state index contributed by atoms with van der Waals surface area (Å²) in [6.45, 7) is 2.14. The number of hydrogen-bond acceptors (Lipinski definition) is 4. The van der Waals surface area contributed by atoms with Crippen molar-refractivity contribution in [3.8, 4) is 0 Å². The van der Waals surface area contributed by atoms with E-state index in [0.717, 1.165) is 13.0 Å². The number of carbonyl (C=O) groups excluding carboxylic acids is 1. The van der Waals surface area contributed by atoms with Crippen molar-refractivity contribution in [2.24, 2.45) is 0 Å². The van der Waals surface area contributed by atoms with Crippen LogP contribution < -0.4 is 5.73 Å². The number of halogens is 1. The van der Waals surface area contributed by atoms with Gasteiger partial charge in [-0.05, 0) is 22.4 Å². The number of anilines is 1. The van der Waals surface area contributed by atoms with Gasteiger partial charge in [-0.1, -0.05) is 0 Å². The van der Waals surface area contributed by atoms with E-state index < -0.39 is 0 Å². The van der Waals surface area contributed by atoms with E-state index in [1.165, 1.54) is 0 Å². The van der Waals surface area contributed by atoms with Crippen molar-refractivity contribution >= 4 is 27.8 Å². The SMILES string of the molecule is Nc1nc(Br)n(CCN2CCCC2=O)n1.